The highest BCUT2D eigenvalue weighted by Gasteiger charge is 2.52. The van der Waals surface area contributed by atoms with E-state index in [2.05, 4.69) is 0 Å². The Labute approximate surface area is 194 Å². The van der Waals surface area contributed by atoms with E-state index in [1.54, 1.807) is 24.3 Å². The first-order valence-corrected chi connectivity index (χ1v) is 11.6. The van der Waals surface area contributed by atoms with Gasteiger partial charge in [-0.1, -0.05) is 79.0 Å². The van der Waals surface area contributed by atoms with Gasteiger partial charge >= 0.3 is 0 Å². The highest BCUT2D eigenvalue weighted by molar-refractivity contribution is 7.78. The average Bonchev–Trinajstić information content (AvgIpc) is 3.33. The minimum absolute atomic E-state index is 0.118. The zero-order valence-corrected chi connectivity index (χ0v) is 18.8. The number of fused-ring (bicyclic) bond motifs is 1. The summed E-state index contributed by atoms with van der Waals surface area (Å²) in [6, 6.07) is 23.1. The number of halogens is 1. The third-order valence-electron chi connectivity index (χ3n) is 6.01. The van der Waals surface area contributed by atoms with Gasteiger partial charge in [0.1, 0.15) is 11.5 Å². The van der Waals surface area contributed by atoms with Crippen molar-refractivity contribution < 1.29 is 9.59 Å². The molecule has 3 nitrogen and oxygen atoms in total. The highest BCUT2D eigenvalue weighted by Crippen LogP contribution is 2.48. The average molecular weight is 464 g/mol. The van der Waals surface area contributed by atoms with E-state index < -0.39 is 11.5 Å². The van der Waals surface area contributed by atoms with Crippen molar-refractivity contribution in [2.45, 2.75) is 17.9 Å². The molecule has 0 saturated carbocycles. The van der Waals surface area contributed by atoms with Crippen LogP contribution in [0.15, 0.2) is 83.6 Å². The van der Waals surface area contributed by atoms with Crippen molar-refractivity contribution in [2.75, 3.05) is 0 Å². The van der Waals surface area contributed by atoms with Crippen LogP contribution in [0.1, 0.15) is 29.0 Å². The number of benzene rings is 3. The summed E-state index contributed by atoms with van der Waals surface area (Å²) in [5.41, 5.74) is 1.27. The van der Waals surface area contributed by atoms with E-state index in [1.807, 2.05) is 59.3 Å². The van der Waals surface area contributed by atoms with Gasteiger partial charge in [0.15, 0.2) is 5.78 Å². The van der Waals surface area contributed by atoms with Crippen LogP contribution in [-0.4, -0.2) is 16.0 Å². The summed E-state index contributed by atoms with van der Waals surface area (Å²) in [5.74, 6) is -1.49. The van der Waals surface area contributed by atoms with E-state index in [1.165, 1.54) is 15.6 Å². The number of thiol groups is 1. The van der Waals surface area contributed by atoms with Gasteiger partial charge < -0.3 is 0 Å². The molecule has 1 saturated heterocycles. The molecule has 6 heteroatoms. The van der Waals surface area contributed by atoms with Gasteiger partial charge in [-0.2, -0.15) is 11.3 Å². The Kier molecular flexibility index (Phi) is 5.13. The molecule has 31 heavy (non-hydrogen) atoms. The third-order valence-corrected chi connectivity index (χ3v) is 7.58. The van der Waals surface area contributed by atoms with Crippen LogP contribution in [0, 0.1) is 0 Å². The van der Waals surface area contributed by atoms with Crippen molar-refractivity contribution in [1.29, 1.82) is 0 Å². The Hall–Kier alpha value is -2.60. The van der Waals surface area contributed by atoms with Gasteiger partial charge in [-0.25, -0.2) is 0 Å². The quantitative estimate of drug-likeness (QED) is 0.289. The molecule has 0 N–H and O–H groups in total. The topological polar surface area (TPSA) is 37.4 Å². The molecule has 154 valence electrons. The number of hydrogen-bond acceptors (Lipinski definition) is 4. The van der Waals surface area contributed by atoms with Gasteiger partial charge in [0.2, 0.25) is 5.91 Å². The highest BCUT2D eigenvalue weighted by atomic mass is 35.5. The van der Waals surface area contributed by atoms with E-state index in [9.17, 15) is 9.59 Å². The number of nitrogens with zero attached hydrogens (tertiary/aromatic N) is 1. The summed E-state index contributed by atoms with van der Waals surface area (Å²) in [6.45, 7) is 0. The smallest absolute Gasteiger partial charge is 0.248 e. The van der Waals surface area contributed by atoms with Crippen molar-refractivity contribution in [3.63, 3.8) is 0 Å². The Morgan fingerprint density at radius 1 is 0.935 bits per heavy atom. The van der Waals surface area contributed by atoms with E-state index in [-0.39, 0.29) is 18.1 Å². The number of amides is 1. The molecule has 1 aromatic heterocycles. The summed E-state index contributed by atoms with van der Waals surface area (Å²) in [7, 11) is 0. The number of hydrogen-bond donors (Lipinski definition) is 1. The molecule has 0 aliphatic carbocycles. The largest absolute Gasteiger partial charge is 0.298 e. The Bertz CT molecular complexity index is 1300. The fraction of sp³-hybridized carbons (Fsp3) is 0.120. The van der Waals surface area contributed by atoms with Crippen molar-refractivity contribution in [2.24, 2.45) is 0 Å². The lowest BCUT2D eigenvalue weighted by molar-refractivity contribution is -0.142. The normalized spacial score (nSPS) is 21.6. The van der Waals surface area contributed by atoms with E-state index in [0.717, 1.165) is 21.9 Å². The number of Topliss-reactive ketones (excluding diaryl/α,β-unsaturated/α-hetero) is 1. The van der Waals surface area contributed by atoms with E-state index in [4.69, 9.17) is 24.4 Å². The number of carbonyl (C=O) groups is 2. The van der Waals surface area contributed by atoms with Crippen LogP contribution in [0.3, 0.4) is 0 Å². The Balaban J connectivity index is 1.69. The van der Waals surface area contributed by atoms with Crippen LogP contribution in [0.4, 0.5) is 0 Å². The minimum atomic E-state index is -0.987. The molecular formula is C25H18ClNO2S2. The first kappa shape index (κ1) is 20.3. The number of carbonyl (C=O) groups excluding carboxylic acids is 2. The van der Waals surface area contributed by atoms with Crippen LogP contribution in [0.2, 0.25) is 5.02 Å². The monoisotopic (exact) mass is 463 g/mol. The van der Waals surface area contributed by atoms with Crippen molar-refractivity contribution in [1.82, 2.24) is 4.31 Å². The molecule has 1 amide bonds. The molecule has 0 radical (unpaired) electrons. The summed E-state index contributed by atoms with van der Waals surface area (Å²) in [6.07, 6.45) is 0.118. The van der Waals surface area contributed by atoms with Crippen molar-refractivity contribution >= 4 is 58.2 Å². The predicted molar refractivity (Wildman–Crippen MR) is 129 cm³/mol. The predicted octanol–water partition coefficient (Wildman–Crippen LogP) is 6.23. The third kappa shape index (κ3) is 3.19. The Morgan fingerprint density at radius 3 is 2.42 bits per heavy atom. The van der Waals surface area contributed by atoms with E-state index >= 15 is 0 Å². The summed E-state index contributed by atoms with van der Waals surface area (Å²) in [4.78, 5) is 27.1. The second-order valence-electron chi connectivity index (χ2n) is 7.68. The fourth-order valence-electron chi connectivity index (χ4n) is 4.45. The van der Waals surface area contributed by atoms with Gasteiger partial charge in [0.25, 0.3) is 0 Å². The number of rotatable bonds is 3. The first-order chi connectivity index (χ1) is 15.0. The number of ketones is 1. The first-order valence-electron chi connectivity index (χ1n) is 9.84. The van der Waals surface area contributed by atoms with Crippen LogP contribution in [0.5, 0.6) is 0 Å². The van der Waals surface area contributed by atoms with Crippen molar-refractivity contribution in [3.8, 4) is 0 Å². The maximum absolute atomic E-state index is 13.6. The van der Waals surface area contributed by atoms with Gasteiger partial charge in [0.05, 0.1) is 0 Å². The summed E-state index contributed by atoms with van der Waals surface area (Å²) >= 11 is 12.6. The fourth-order valence-corrected chi connectivity index (χ4v) is 5.84. The Morgan fingerprint density at radius 2 is 1.68 bits per heavy atom. The minimum Gasteiger partial charge on any atom is -0.298 e. The zero-order valence-electron chi connectivity index (χ0n) is 16.4. The molecule has 0 bridgehead atoms. The molecule has 2 unspecified atom stereocenters. The summed E-state index contributed by atoms with van der Waals surface area (Å²) < 4.78 is 1.44. The molecular weight excluding hydrogens is 446 g/mol. The second kappa shape index (κ2) is 7.83. The molecule has 2 heterocycles. The van der Waals surface area contributed by atoms with Gasteiger partial charge in [-0.15, -0.1) is 0 Å². The molecule has 2 atom stereocenters. The molecule has 1 fully saturated rings. The van der Waals surface area contributed by atoms with Crippen LogP contribution in [-0.2, 0) is 15.1 Å². The maximum Gasteiger partial charge on any atom is 0.248 e. The molecule has 0 spiro atoms. The van der Waals surface area contributed by atoms with Crippen molar-refractivity contribution in [3.05, 3.63) is 105 Å². The molecule has 1 aliphatic heterocycles. The lowest BCUT2D eigenvalue weighted by atomic mass is 9.73. The lowest BCUT2D eigenvalue weighted by Crippen LogP contribution is -2.54. The van der Waals surface area contributed by atoms with Crippen LogP contribution in [0.25, 0.3) is 10.8 Å². The van der Waals surface area contributed by atoms with Crippen LogP contribution >= 0.6 is 35.8 Å². The maximum atomic E-state index is 13.6. The number of piperidine rings is 1. The zero-order chi connectivity index (χ0) is 21.6. The second-order valence-corrected chi connectivity index (χ2v) is 9.27. The SMILES string of the molecule is O=C1CC(c2ccsc2)(c2ccc3ccccc3c2)N(S)C(=O)C1c1ccccc1Cl. The molecule has 4 aromatic rings. The number of thiophene rings is 1. The lowest BCUT2D eigenvalue weighted by Gasteiger charge is -2.46. The standard InChI is InChI=1S/C25H18ClNO2S2/c26-21-8-4-3-7-20(21)23-22(28)14-25(27(30)24(23)29,19-11-12-31-15-19)18-10-9-16-5-1-2-6-17(16)13-18/h1-13,15,23,30H,14H2. The molecule has 3 aromatic carbocycles. The molecule has 1 aliphatic rings. The van der Waals surface area contributed by atoms with Crippen LogP contribution < -0.4 is 0 Å². The molecule has 5 rings (SSSR count). The van der Waals surface area contributed by atoms with Gasteiger partial charge in [0, 0.05) is 11.4 Å². The van der Waals surface area contributed by atoms with Gasteiger partial charge in [-0.3, -0.25) is 13.9 Å². The summed E-state index contributed by atoms with van der Waals surface area (Å²) in [5, 5.41) is 6.48. The van der Waals surface area contributed by atoms with Gasteiger partial charge in [-0.05, 0) is 56.4 Å². The van der Waals surface area contributed by atoms with E-state index in [0.29, 0.717) is 10.6 Å².